The molecule has 0 bridgehead atoms. The van der Waals surface area contributed by atoms with Crippen LogP contribution >= 0.6 is 0 Å². The summed E-state index contributed by atoms with van der Waals surface area (Å²) < 4.78 is 3.65. The summed E-state index contributed by atoms with van der Waals surface area (Å²) in [6, 6.07) is 19.6. The number of nitrogens with one attached hydrogen (secondary N) is 1. The van der Waals surface area contributed by atoms with Crippen LogP contribution in [0.2, 0.25) is 0 Å². The summed E-state index contributed by atoms with van der Waals surface area (Å²) in [5.74, 6) is -0.162. The number of aromatic nitrogens is 4. The van der Waals surface area contributed by atoms with E-state index in [0.717, 1.165) is 16.8 Å². The van der Waals surface area contributed by atoms with Crippen LogP contribution in [0.15, 0.2) is 85.6 Å². The van der Waals surface area contributed by atoms with Crippen LogP contribution in [-0.4, -0.2) is 25.2 Å². The minimum atomic E-state index is -0.162. The standard InChI is InChI=1S/C21H19N5O/c27-21(20-14-22-16-26(20)19-9-2-1-3-10-19)23-13-17-7-4-5-8-18(17)15-25-12-6-11-24-25/h1-12,14,16H,13,15H2,(H,23,27). The third-order valence-electron chi connectivity index (χ3n) is 4.35. The van der Waals surface area contributed by atoms with Gasteiger partial charge in [-0.05, 0) is 29.3 Å². The molecule has 134 valence electrons. The summed E-state index contributed by atoms with van der Waals surface area (Å²) in [5, 5.41) is 7.25. The third-order valence-corrected chi connectivity index (χ3v) is 4.35. The van der Waals surface area contributed by atoms with Gasteiger partial charge < -0.3 is 5.32 Å². The smallest absolute Gasteiger partial charge is 0.270 e. The first-order valence-corrected chi connectivity index (χ1v) is 8.71. The molecule has 4 aromatic rings. The number of rotatable bonds is 6. The first-order chi connectivity index (χ1) is 13.3. The molecule has 1 N–H and O–H groups in total. The molecule has 0 saturated heterocycles. The largest absolute Gasteiger partial charge is 0.347 e. The van der Waals surface area contributed by atoms with Crippen LogP contribution in [0.5, 0.6) is 0 Å². The molecule has 1 amide bonds. The molecule has 0 spiro atoms. The average Bonchev–Trinajstić information content (AvgIpc) is 3.40. The molecular weight excluding hydrogens is 338 g/mol. The van der Waals surface area contributed by atoms with E-state index in [1.807, 2.05) is 65.5 Å². The molecule has 2 heterocycles. The van der Waals surface area contributed by atoms with E-state index in [0.29, 0.717) is 18.8 Å². The predicted molar refractivity (Wildman–Crippen MR) is 103 cm³/mol. The second-order valence-corrected chi connectivity index (χ2v) is 6.14. The van der Waals surface area contributed by atoms with Crippen molar-refractivity contribution >= 4 is 5.91 Å². The molecule has 4 rings (SSSR count). The van der Waals surface area contributed by atoms with Gasteiger partial charge in [-0.25, -0.2) is 4.98 Å². The summed E-state index contributed by atoms with van der Waals surface area (Å²) in [4.78, 5) is 16.8. The Hall–Kier alpha value is -3.67. The molecule has 6 nitrogen and oxygen atoms in total. The minimum Gasteiger partial charge on any atom is -0.347 e. The zero-order chi connectivity index (χ0) is 18.5. The van der Waals surface area contributed by atoms with E-state index in [2.05, 4.69) is 21.5 Å². The van der Waals surface area contributed by atoms with Crippen LogP contribution in [0.25, 0.3) is 5.69 Å². The van der Waals surface area contributed by atoms with Crippen molar-refractivity contribution < 1.29 is 4.79 Å². The molecule has 0 radical (unpaired) electrons. The van der Waals surface area contributed by atoms with E-state index < -0.39 is 0 Å². The maximum absolute atomic E-state index is 12.7. The molecule has 0 fully saturated rings. The average molecular weight is 357 g/mol. The van der Waals surface area contributed by atoms with Crippen molar-refractivity contribution in [1.29, 1.82) is 0 Å². The van der Waals surface area contributed by atoms with Crippen molar-refractivity contribution in [2.24, 2.45) is 0 Å². The van der Waals surface area contributed by atoms with Crippen LogP contribution in [-0.2, 0) is 13.1 Å². The minimum absolute atomic E-state index is 0.162. The molecular formula is C21H19N5O. The topological polar surface area (TPSA) is 64.7 Å². The fourth-order valence-corrected chi connectivity index (χ4v) is 2.98. The molecule has 6 heteroatoms. The second kappa shape index (κ2) is 7.70. The summed E-state index contributed by atoms with van der Waals surface area (Å²) in [7, 11) is 0. The Morgan fingerprint density at radius 1 is 0.963 bits per heavy atom. The maximum atomic E-state index is 12.7. The molecule has 0 aliphatic carbocycles. The fraction of sp³-hybridized carbons (Fsp3) is 0.0952. The first kappa shape index (κ1) is 16.8. The highest BCUT2D eigenvalue weighted by Gasteiger charge is 2.13. The lowest BCUT2D eigenvalue weighted by Crippen LogP contribution is -2.25. The first-order valence-electron chi connectivity index (χ1n) is 8.71. The molecule has 0 aliphatic rings. The highest BCUT2D eigenvalue weighted by atomic mass is 16.1. The van der Waals surface area contributed by atoms with Crippen molar-refractivity contribution in [3.8, 4) is 5.69 Å². The molecule has 0 atom stereocenters. The second-order valence-electron chi connectivity index (χ2n) is 6.14. The van der Waals surface area contributed by atoms with E-state index in [-0.39, 0.29) is 5.91 Å². The van der Waals surface area contributed by atoms with Crippen molar-refractivity contribution in [2.75, 3.05) is 0 Å². The van der Waals surface area contributed by atoms with E-state index in [4.69, 9.17) is 0 Å². The predicted octanol–water partition coefficient (Wildman–Crippen LogP) is 3.05. The molecule has 2 aromatic carbocycles. The molecule has 0 aliphatic heterocycles. The normalized spacial score (nSPS) is 10.7. The zero-order valence-electron chi connectivity index (χ0n) is 14.7. The summed E-state index contributed by atoms with van der Waals surface area (Å²) in [6.45, 7) is 1.11. The highest BCUT2D eigenvalue weighted by Crippen LogP contribution is 2.13. The summed E-state index contributed by atoms with van der Waals surface area (Å²) in [5.41, 5.74) is 3.59. The van der Waals surface area contributed by atoms with E-state index >= 15 is 0 Å². The van der Waals surface area contributed by atoms with Crippen LogP contribution in [0.4, 0.5) is 0 Å². The van der Waals surface area contributed by atoms with Crippen molar-refractivity contribution in [3.63, 3.8) is 0 Å². The molecule has 0 saturated carbocycles. The van der Waals surface area contributed by atoms with Gasteiger partial charge in [0.15, 0.2) is 0 Å². The van der Waals surface area contributed by atoms with Gasteiger partial charge in [0.1, 0.15) is 5.69 Å². The van der Waals surface area contributed by atoms with Gasteiger partial charge in [0.25, 0.3) is 5.91 Å². The van der Waals surface area contributed by atoms with Gasteiger partial charge >= 0.3 is 0 Å². The number of imidazole rings is 1. The van der Waals surface area contributed by atoms with E-state index in [1.54, 1.807) is 23.3 Å². The van der Waals surface area contributed by atoms with E-state index in [1.165, 1.54) is 0 Å². The molecule has 0 unspecified atom stereocenters. The summed E-state index contributed by atoms with van der Waals surface area (Å²) in [6.07, 6.45) is 6.91. The number of hydrogen-bond donors (Lipinski definition) is 1. The Morgan fingerprint density at radius 2 is 1.74 bits per heavy atom. The molecule has 27 heavy (non-hydrogen) atoms. The monoisotopic (exact) mass is 357 g/mol. The van der Waals surface area contributed by atoms with Crippen LogP contribution in [0.1, 0.15) is 21.6 Å². The lowest BCUT2D eigenvalue weighted by atomic mass is 10.1. The number of amides is 1. The lowest BCUT2D eigenvalue weighted by Gasteiger charge is -2.12. The van der Waals surface area contributed by atoms with Crippen LogP contribution in [0, 0.1) is 0 Å². The maximum Gasteiger partial charge on any atom is 0.270 e. The number of nitrogens with zero attached hydrogens (tertiary/aromatic N) is 4. The fourth-order valence-electron chi connectivity index (χ4n) is 2.98. The van der Waals surface area contributed by atoms with Gasteiger partial charge in [0.05, 0.1) is 19.1 Å². The number of para-hydroxylation sites is 1. The Labute approximate surface area is 157 Å². The van der Waals surface area contributed by atoms with Gasteiger partial charge in [-0.3, -0.25) is 14.0 Å². The van der Waals surface area contributed by atoms with Crippen molar-refractivity contribution in [3.05, 3.63) is 102 Å². The van der Waals surface area contributed by atoms with Crippen LogP contribution in [0.3, 0.4) is 0 Å². The van der Waals surface area contributed by atoms with E-state index in [9.17, 15) is 4.79 Å². The van der Waals surface area contributed by atoms with Crippen molar-refractivity contribution in [1.82, 2.24) is 24.6 Å². The van der Waals surface area contributed by atoms with Gasteiger partial charge in [-0.15, -0.1) is 0 Å². The highest BCUT2D eigenvalue weighted by molar-refractivity contribution is 5.93. The Balaban J connectivity index is 1.49. The number of carbonyl (C=O) groups is 1. The van der Waals surface area contributed by atoms with Gasteiger partial charge in [-0.2, -0.15) is 5.10 Å². The Bertz CT molecular complexity index is 1020. The quantitative estimate of drug-likeness (QED) is 0.577. The zero-order valence-corrected chi connectivity index (χ0v) is 14.7. The van der Waals surface area contributed by atoms with Crippen molar-refractivity contribution in [2.45, 2.75) is 13.1 Å². The molecule has 2 aromatic heterocycles. The van der Waals surface area contributed by atoms with Gasteiger partial charge in [0, 0.05) is 24.6 Å². The number of benzene rings is 2. The number of carbonyl (C=O) groups excluding carboxylic acids is 1. The van der Waals surface area contributed by atoms with Crippen LogP contribution < -0.4 is 5.32 Å². The lowest BCUT2D eigenvalue weighted by molar-refractivity contribution is 0.0944. The summed E-state index contributed by atoms with van der Waals surface area (Å²) >= 11 is 0. The van der Waals surface area contributed by atoms with Gasteiger partial charge in [-0.1, -0.05) is 42.5 Å². The Morgan fingerprint density at radius 3 is 2.52 bits per heavy atom. The van der Waals surface area contributed by atoms with Gasteiger partial charge in [0.2, 0.25) is 0 Å². The Kier molecular flexibility index (Phi) is 4.78. The third kappa shape index (κ3) is 3.79. The number of hydrogen-bond acceptors (Lipinski definition) is 3. The SMILES string of the molecule is O=C(NCc1ccccc1Cn1cccn1)c1cncn1-c1ccccc1.